The van der Waals surface area contributed by atoms with Crippen molar-refractivity contribution in [1.29, 1.82) is 0 Å². The van der Waals surface area contributed by atoms with Crippen LogP contribution in [0.3, 0.4) is 0 Å². The Morgan fingerprint density at radius 3 is 2.55 bits per heavy atom. The van der Waals surface area contributed by atoms with E-state index in [1.807, 2.05) is 35.6 Å². The Morgan fingerprint density at radius 1 is 1.06 bits per heavy atom. The van der Waals surface area contributed by atoms with Gasteiger partial charge in [0.25, 0.3) is 0 Å². The SMILES string of the molecule is O=C(O)NCC(=O)Nc1ccc(-c2cc(CN3CCOCC3)c3ccccc3n2)cc1. The molecule has 1 aliphatic rings. The zero-order valence-corrected chi connectivity index (χ0v) is 17.0. The summed E-state index contributed by atoms with van der Waals surface area (Å²) in [6.07, 6.45) is -1.24. The predicted molar refractivity (Wildman–Crippen MR) is 118 cm³/mol. The Kier molecular flexibility index (Phi) is 6.40. The predicted octanol–water partition coefficient (Wildman–Crippen LogP) is 2.94. The first-order chi connectivity index (χ1) is 15.1. The normalized spacial score (nSPS) is 14.3. The summed E-state index contributed by atoms with van der Waals surface area (Å²) in [6, 6.07) is 17.6. The molecule has 4 rings (SSSR count). The molecule has 2 heterocycles. The number of amides is 2. The first kappa shape index (κ1) is 20.8. The van der Waals surface area contributed by atoms with Crippen molar-refractivity contribution in [2.24, 2.45) is 0 Å². The number of rotatable bonds is 6. The van der Waals surface area contributed by atoms with Crippen LogP contribution in [0.2, 0.25) is 0 Å². The molecule has 8 heteroatoms. The lowest BCUT2D eigenvalue weighted by Gasteiger charge is -2.27. The maximum atomic E-state index is 11.8. The first-order valence-corrected chi connectivity index (χ1v) is 10.1. The largest absolute Gasteiger partial charge is 0.465 e. The van der Waals surface area contributed by atoms with Gasteiger partial charge in [0.2, 0.25) is 5.91 Å². The van der Waals surface area contributed by atoms with E-state index >= 15 is 0 Å². The Balaban J connectivity index is 1.56. The van der Waals surface area contributed by atoms with Crippen LogP contribution in [0.4, 0.5) is 10.5 Å². The molecule has 0 aliphatic carbocycles. The fourth-order valence-corrected chi connectivity index (χ4v) is 3.61. The Bertz CT molecular complexity index is 1080. The minimum atomic E-state index is -1.24. The third-order valence-corrected chi connectivity index (χ3v) is 5.16. The highest BCUT2D eigenvalue weighted by Crippen LogP contribution is 2.27. The maximum absolute atomic E-state index is 11.8. The van der Waals surface area contributed by atoms with Crippen molar-refractivity contribution in [2.75, 3.05) is 38.2 Å². The first-order valence-electron chi connectivity index (χ1n) is 10.1. The zero-order valence-electron chi connectivity index (χ0n) is 17.0. The van der Waals surface area contributed by atoms with Crippen molar-refractivity contribution < 1.29 is 19.4 Å². The van der Waals surface area contributed by atoms with Gasteiger partial charge in [0.1, 0.15) is 6.54 Å². The molecule has 2 aromatic carbocycles. The molecule has 2 amide bonds. The van der Waals surface area contributed by atoms with Gasteiger partial charge in [0.05, 0.1) is 24.4 Å². The van der Waals surface area contributed by atoms with Gasteiger partial charge in [-0.1, -0.05) is 30.3 Å². The van der Waals surface area contributed by atoms with E-state index in [4.69, 9.17) is 14.8 Å². The molecule has 0 unspecified atom stereocenters. The molecule has 3 N–H and O–H groups in total. The van der Waals surface area contributed by atoms with Gasteiger partial charge in [-0.2, -0.15) is 0 Å². The van der Waals surface area contributed by atoms with Crippen molar-refractivity contribution in [3.05, 3.63) is 60.2 Å². The van der Waals surface area contributed by atoms with Crippen molar-refractivity contribution >= 4 is 28.6 Å². The Hall–Kier alpha value is -3.49. The Labute approximate surface area is 179 Å². The van der Waals surface area contributed by atoms with Crippen LogP contribution in [0.5, 0.6) is 0 Å². The number of carboxylic acid groups (broad SMARTS) is 1. The lowest BCUT2D eigenvalue weighted by Crippen LogP contribution is -2.35. The summed E-state index contributed by atoms with van der Waals surface area (Å²) >= 11 is 0. The number of nitrogens with one attached hydrogen (secondary N) is 2. The summed E-state index contributed by atoms with van der Waals surface area (Å²) in [5.41, 5.74) is 4.57. The standard InChI is InChI=1S/C23H24N4O4/c28-22(14-24-23(29)30)25-18-7-5-16(6-8-18)21-13-17(15-27-9-11-31-12-10-27)19-3-1-2-4-20(19)26-21/h1-8,13,24H,9-12,14-15H2,(H,25,28)(H,29,30). The van der Waals surface area contributed by atoms with Crippen LogP contribution in [-0.4, -0.2) is 59.8 Å². The lowest BCUT2D eigenvalue weighted by molar-refractivity contribution is -0.115. The molecule has 1 saturated heterocycles. The number of morpholine rings is 1. The van der Waals surface area contributed by atoms with Crippen LogP contribution in [0.25, 0.3) is 22.2 Å². The highest BCUT2D eigenvalue weighted by Gasteiger charge is 2.14. The van der Waals surface area contributed by atoms with E-state index in [0.29, 0.717) is 5.69 Å². The number of aromatic nitrogens is 1. The fraction of sp³-hybridized carbons (Fsp3) is 0.261. The van der Waals surface area contributed by atoms with Crippen molar-refractivity contribution in [2.45, 2.75) is 6.54 Å². The van der Waals surface area contributed by atoms with E-state index < -0.39 is 12.0 Å². The molecule has 31 heavy (non-hydrogen) atoms. The Morgan fingerprint density at radius 2 is 1.81 bits per heavy atom. The molecule has 1 aromatic heterocycles. The molecule has 0 radical (unpaired) electrons. The van der Waals surface area contributed by atoms with Gasteiger partial charge >= 0.3 is 6.09 Å². The monoisotopic (exact) mass is 420 g/mol. The van der Waals surface area contributed by atoms with Gasteiger partial charge in [0, 0.05) is 36.3 Å². The summed E-state index contributed by atoms with van der Waals surface area (Å²) in [6.45, 7) is 3.88. The number of fused-ring (bicyclic) bond motifs is 1. The van der Waals surface area contributed by atoms with Gasteiger partial charge < -0.3 is 20.5 Å². The van der Waals surface area contributed by atoms with Gasteiger partial charge in [-0.15, -0.1) is 0 Å². The van der Waals surface area contributed by atoms with Gasteiger partial charge in [-0.3, -0.25) is 9.69 Å². The highest BCUT2D eigenvalue weighted by atomic mass is 16.5. The molecule has 0 bridgehead atoms. The third kappa shape index (κ3) is 5.36. The van der Waals surface area contributed by atoms with Crippen LogP contribution >= 0.6 is 0 Å². The molecular weight excluding hydrogens is 396 g/mol. The molecule has 0 atom stereocenters. The van der Waals surface area contributed by atoms with Crippen LogP contribution in [0, 0.1) is 0 Å². The number of hydrogen-bond donors (Lipinski definition) is 3. The molecule has 8 nitrogen and oxygen atoms in total. The summed E-state index contributed by atoms with van der Waals surface area (Å²) in [5, 5.41) is 14.4. The van der Waals surface area contributed by atoms with Crippen molar-refractivity contribution in [1.82, 2.24) is 15.2 Å². The average Bonchev–Trinajstić information content (AvgIpc) is 2.79. The van der Waals surface area contributed by atoms with Crippen molar-refractivity contribution in [3.8, 4) is 11.3 Å². The van der Waals surface area contributed by atoms with Crippen LogP contribution in [-0.2, 0) is 16.1 Å². The molecule has 0 saturated carbocycles. The minimum absolute atomic E-state index is 0.297. The number of benzene rings is 2. The van der Waals surface area contributed by atoms with Crippen LogP contribution < -0.4 is 10.6 Å². The smallest absolute Gasteiger partial charge is 0.405 e. The van der Waals surface area contributed by atoms with E-state index in [0.717, 1.165) is 55.0 Å². The molecule has 0 spiro atoms. The molecule has 1 fully saturated rings. The van der Waals surface area contributed by atoms with E-state index in [1.54, 1.807) is 12.1 Å². The topological polar surface area (TPSA) is 104 Å². The van der Waals surface area contributed by atoms with Crippen LogP contribution in [0.1, 0.15) is 5.56 Å². The molecule has 3 aromatic rings. The summed E-state index contributed by atoms with van der Waals surface area (Å²) in [5.74, 6) is -0.424. The number of carbonyl (C=O) groups is 2. The van der Waals surface area contributed by atoms with Gasteiger partial charge in [-0.25, -0.2) is 9.78 Å². The van der Waals surface area contributed by atoms with E-state index in [-0.39, 0.29) is 6.54 Å². The van der Waals surface area contributed by atoms with Gasteiger partial charge in [-0.05, 0) is 29.8 Å². The fourth-order valence-electron chi connectivity index (χ4n) is 3.61. The third-order valence-electron chi connectivity index (χ3n) is 5.16. The zero-order chi connectivity index (χ0) is 21.6. The van der Waals surface area contributed by atoms with Crippen LogP contribution in [0.15, 0.2) is 54.6 Å². The highest BCUT2D eigenvalue weighted by molar-refractivity contribution is 5.94. The second-order valence-corrected chi connectivity index (χ2v) is 7.36. The van der Waals surface area contributed by atoms with Crippen molar-refractivity contribution in [3.63, 3.8) is 0 Å². The maximum Gasteiger partial charge on any atom is 0.405 e. The van der Waals surface area contributed by atoms with E-state index in [2.05, 4.69) is 22.3 Å². The average molecular weight is 420 g/mol. The van der Waals surface area contributed by atoms with E-state index in [1.165, 1.54) is 5.56 Å². The molecular formula is C23H24N4O4. The quantitative estimate of drug-likeness (QED) is 0.567. The number of nitrogens with zero attached hydrogens (tertiary/aromatic N) is 2. The molecule has 160 valence electrons. The number of pyridine rings is 1. The summed E-state index contributed by atoms with van der Waals surface area (Å²) in [4.78, 5) is 29.5. The van der Waals surface area contributed by atoms with E-state index in [9.17, 15) is 9.59 Å². The van der Waals surface area contributed by atoms with Gasteiger partial charge in [0.15, 0.2) is 0 Å². The lowest BCUT2D eigenvalue weighted by atomic mass is 10.0. The summed E-state index contributed by atoms with van der Waals surface area (Å²) in [7, 11) is 0. The minimum Gasteiger partial charge on any atom is -0.465 e. The number of hydrogen-bond acceptors (Lipinski definition) is 5. The second kappa shape index (κ2) is 9.55. The molecule has 1 aliphatic heterocycles. The summed E-state index contributed by atoms with van der Waals surface area (Å²) < 4.78 is 5.47. The second-order valence-electron chi connectivity index (χ2n) is 7.36. The number of para-hydroxylation sites is 1. The number of anilines is 1. The number of ether oxygens (including phenoxy) is 1. The number of carbonyl (C=O) groups excluding carboxylic acids is 1.